The first-order valence-electron chi connectivity index (χ1n) is 5.42. The number of hydrogen-bond acceptors (Lipinski definition) is 2. The number of rotatable bonds is 4. The number of hydrogen-bond donors (Lipinski definition) is 1. The Morgan fingerprint density at radius 1 is 1.50 bits per heavy atom. The van der Waals surface area contributed by atoms with E-state index in [2.05, 4.69) is 21.0 Å². The van der Waals surface area contributed by atoms with E-state index in [0.717, 1.165) is 14.7 Å². The van der Waals surface area contributed by atoms with Crippen molar-refractivity contribution in [3.05, 3.63) is 50.7 Å². The van der Waals surface area contributed by atoms with Gasteiger partial charge in [-0.3, -0.25) is 0 Å². The van der Waals surface area contributed by atoms with E-state index in [-0.39, 0.29) is 11.7 Å². The fourth-order valence-corrected chi connectivity index (χ4v) is 2.44. The summed E-state index contributed by atoms with van der Waals surface area (Å²) < 4.78 is 27.4. The van der Waals surface area contributed by atoms with Gasteiger partial charge in [-0.1, -0.05) is 39.7 Å². The molecule has 0 saturated carbocycles. The normalized spacial score (nSPS) is 11.1. The number of aromatic nitrogens is 2. The molecule has 0 fully saturated rings. The first kappa shape index (κ1) is 14.9. The molecule has 0 saturated heterocycles. The van der Waals surface area contributed by atoms with Gasteiger partial charge in [0.2, 0.25) is 0 Å². The second-order valence-electron chi connectivity index (χ2n) is 3.94. The van der Waals surface area contributed by atoms with Gasteiger partial charge >= 0.3 is 5.97 Å². The SMILES string of the molecule is O=C(O)c1c(C(F)F)nn(Cc2cccc(Br)c2)c1Cl. The van der Waals surface area contributed by atoms with Crippen LogP contribution in [0.25, 0.3) is 0 Å². The van der Waals surface area contributed by atoms with Crippen molar-refractivity contribution < 1.29 is 18.7 Å². The standard InChI is InChI=1S/C12H8BrClF2N2O2/c13-7-3-1-2-6(4-7)5-18-10(14)8(12(19)20)9(17-18)11(15)16/h1-4,11H,5H2,(H,19,20). The van der Waals surface area contributed by atoms with E-state index in [1.54, 1.807) is 18.2 Å². The molecule has 1 aromatic carbocycles. The van der Waals surface area contributed by atoms with Crippen LogP contribution in [-0.2, 0) is 6.54 Å². The quantitative estimate of drug-likeness (QED) is 0.891. The van der Waals surface area contributed by atoms with Crippen molar-refractivity contribution in [3.8, 4) is 0 Å². The van der Waals surface area contributed by atoms with Crippen LogP contribution in [0.2, 0.25) is 5.15 Å². The number of benzene rings is 1. The van der Waals surface area contributed by atoms with Crippen LogP contribution in [0.4, 0.5) is 8.78 Å². The van der Waals surface area contributed by atoms with E-state index in [0.29, 0.717) is 0 Å². The lowest BCUT2D eigenvalue weighted by Crippen LogP contribution is -2.03. The van der Waals surface area contributed by atoms with E-state index in [1.807, 2.05) is 6.07 Å². The number of carbonyl (C=O) groups is 1. The predicted octanol–water partition coefficient (Wildman–Crippen LogP) is 3.98. The minimum absolute atomic E-state index is 0.102. The Bertz CT molecular complexity index is 661. The molecule has 106 valence electrons. The molecule has 0 unspecified atom stereocenters. The maximum Gasteiger partial charge on any atom is 0.341 e. The molecule has 2 rings (SSSR count). The van der Waals surface area contributed by atoms with Crippen LogP contribution in [0.15, 0.2) is 28.7 Å². The van der Waals surface area contributed by atoms with Crippen LogP contribution < -0.4 is 0 Å². The Balaban J connectivity index is 2.43. The van der Waals surface area contributed by atoms with Gasteiger partial charge in [0.25, 0.3) is 6.43 Å². The fraction of sp³-hybridized carbons (Fsp3) is 0.167. The lowest BCUT2D eigenvalue weighted by atomic mass is 10.2. The molecule has 0 spiro atoms. The molecular weight excluding hydrogens is 357 g/mol. The van der Waals surface area contributed by atoms with Crippen molar-refractivity contribution in [3.63, 3.8) is 0 Å². The third-order valence-electron chi connectivity index (χ3n) is 2.56. The number of alkyl halides is 2. The zero-order valence-corrected chi connectivity index (χ0v) is 12.2. The average molecular weight is 366 g/mol. The van der Waals surface area contributed by atoms with Crippen molar-refractivity contribution in [2.75, 3.05) is 0 Å². The average Bonchev–Trinajstić information content (AvgIpc) is 2.67. The number of nitrogens with zero attached hydrogens (tertiary/aromatic N) is 2. The highest BCUT2D eigenvalue weighted by atomic mass is 79.9. The third kappa shape index (κ3) is 2.99. The second kappa shape index (κ2) is 5.88. The molecule has 0 aliphatic heterocycles. The summed E-state index contributed by atoms with van der Waals surface area (Å²) in [6, 6.07) is 7.09. The van der Waals surface area contributed by atoms with E-state index in [1.165, 1.54) is 0 Å². The summed E-state index contributed by atoms with van der Waals surface area (Å²) in [5.41, 5.74) is -0.726. The van der Waals surface area contributed by atoms with Gasteiger partial charge in [-0.15, -0.1) is 0 Å². The number of aromatic carboxylic acids is 1. The van der Waals surface area contributed by atoms with Crippen molar-refractivity contribution in [2.24, 2.45) is 0 Å². The largest absolute Gasteiger partial charge is 0.478 e. The van der Waals surface area contributed by atoms with E-state index < -0.39 is 23.7 Å². The maximum atomic E-state index is 12.8. The van der Waals surface area contributed by atoms with Gasteiger partial charge in [0.05, 0.1) is 6.54 Å². The molecule has 0 radical (unpaired) electrons. The minimum atomic E-state index is -3.00. The van der Waals surface area contributed by atoms with Crippen LogP contribution in [0.1, 0.15) is 28.0 Å². The highest BCUT2D eigenvalue weighted by Gasteiger charge is 2.27. The first-order chi connectivity index (χ1) is 9.40. The van der Waals surface area contributed by atoms with Crippen LogP contribution >= 0.6 is 27.5 Å². The topological polar surface area (TPSA) is 55.1 Å². The first-order valence-corrected chi connectivity index (χ1v) is 6.59. The molecule has 20 heavy (non-hydrogen) atoms. The van der Waals surface area contributed by atoms with Crippen molar-refractivity contribution in [2.45, 2.75) is 13.0 Å². The molecule has 1 N–H and O–H groups in total. The van der Waals surface area contributed by atoms with E-state index >= 15 is 0 Å². The van der Waals surface area contributed by atoms with Crippen LogP contribution in [-0.4, -0.2) is 20.9 Å². The Labute approximate surface area is 126 Å². The Morgan fingerprint density at radius 2 is 2.20 bits per heavy atom. The summed E-state index contributed by atoms with van der Waals surface area (Å²) in [4.78, 5) is 11.0. The van der Waals surface area contributed by atoms with Crippen molar-refractivity contribution >= 4 is 33.5 Å². The van der Waals surface area contributed by atoms with E-state index in [9.17, 15) is 13.6 Å². The fourth-order valence-electron chi connectivity index (χ4n) is 1.72. The zero-order chi connectivity index (χ0) is 14.9. The highest BCUT2D eigenvalue weighted by molar-refractivity contribution is 9.10. The zero-order valence-electron chi connectivity index (χ0n) is 9.86. The van der Waals surface area contributed by atoms with Gasteiger partial charge in [-0.05, 0) is 17.7 Å². The third-order valence-corrected chi connectivity index (χ3v) is 3.44. The number of halogens is 4. The Hall–Kier alpha value is -1.47. The molecule has 0 aliphatic rings. The minimum Gasteiger partial charge on any atom is -0.478 e. The lowest BCUT2D eigenvalue weighted by Gasteiger charge is -2.04. The van der Waals surface area contributed by atoms with Gasteiger partial charge in [0, 0.05) is 4.47 Å². The molecule has 4 nitrogen and oxygen atoms in total. The summed E-state index contributed by atoms with van der Waals surface area (Å²) in [6.07, 6.45) is -3.00. The summed E-state index contributed by atoms with van der Waals surface area (Å²) >= 11 is 9.12. The molecule has 0 atom stereocenters. The summed E-state index contributed by atoms with van der Waals surface area (Å²) in [5.74, 6) is -1.52. The van der Waals surface area contributed by atoms with Gasteiger partial charge in [0.1, 0.15) is 16.4 Å². The lowest BCUT2D eigenvalue weighted by molar-refractivity contribution is 0.0684. The monoisotopic (exact) mass is 364 g/mol. The van der Waals surface area contributed by atoms with Gasteiger partial charge in [-0.25, -0.2) is 18.3 Å². The molecule has 8 heteroatoms. The summed E-state index contributed by atoms with van der Waals surface area (Å²) in [6.45, 7) is 0.102. The molecule has 1 aromatic heterocycles. The smallest absolute Gasteiger partial charge is 0.341 e. The van der Waals surface area contributed by atoms with Gasteiger partial charge < -0.3 is 5.11 Å². The summed E-state index contributed by atoms with van der Waals surface area (Å²) in [5, 5.41) is 12.2. The Kier molecular flexibility index (Phi) is 4.39. The number of carboxylic acids is 1. The van der Waals surface area contributed by atoms with Gasteiger partial charge in [-0.2, -0.15) is 5.10 Å². The molecule has 2 aromatic rings. The molecule has 0 bridgehead atoms. The molecular formula is C12H8BrClF2N2O2. The van der Waals surface area contributed by atoms with Gasteiger partial charge in [0.15, 0.2) is 0 Å². The van der Waals surface area contributed by atoms with Crippen molar-refractivity contribution in [1.29, 1.82) is 0 Å². The highest BCUT2D eigenvalue weighted by Crippen LogP contribution is 2.28. The Morgan fingerprint density at radius 3 is 2.70 bits per heavy atom. The number of carboxylic acid groups (broad SMARTS) is 1. The molecule has 0 aliphatic carbocycles. The van der Waals surface area contributed by atoms with Crippen LogP contribution in [0, 0.1) is 0 Å². The van der Waals surface area contributed by atoms with Crippen LogP contribution in [0.5, 0.6) is 0 Å². The van der Waals surface area contributed by atoms with Crippen LogP contribution in [0.3, 0.4) is 0 Å². The molecule has 0 amide bonds. The predicted molar refractivity (Wildman–Crippen MR) is 72.4 cm³/mol. The van der Waals surface area contributed by atoms with E-state index in [4.69, 9.17) is 16.7 Å². The second-order valence-corrected chi connectivity index (χ2v) is 5.22. The maximum absolute atomic E-state index is 12.8. The molecule has 1 heterocycles. The van der Waals surface area contributed by atoms with Crippen molar-refractivity contribution in [1.82, 2.24) is 9.78 Å². The summed E-state index contributed by atoms with van der Waals surface area (Å²) in [7, 11) is 0.